The van der Waals surface area contributed by atoms with Gasteiger partial charge in [0.25, 0.3) is 11.8 Å². The van der Waals surface area contributed by atoms with Crippen LogP contribution in [0.25, 0.3) is 6.08 Å². The molecule has 1 aliphatic rings. The second kappa shape index (κ2) is 11.3. The summed E-state index contributed by atoms with van der Waals surface area (Å²) >= 11 is 13.3. The second-order valence-electron chi connectivity index (χ2n) is 8.42. The van der Waals surface area contributed by atoms with Crippen LogP contribution in [-0.2, 0) is 22.4 Å². The van der Waals surface area contributed by atoms with Gasteiger partial charge in [0.05, 0.1) is 11.4 Å². The topological polar surface area (TPSA) is 96.7 Å². The van der Waals surface area contributed by atoms with Crippen LogP contribution in [0.2, 0.25) is 5.15 Å². The van der Waals surface area contributed by atoms with Crippen LogP contribution in [0.3, 0.4) is 0 Å². The number of nitrogens with zero attached hydrogens (tertiary/aromatic N) is 3. The molecule has 1 aromatic heterocycles. The molecule has 2 amide bonds. The number of hydrogen-bond donors (Lipinski definition) is 2. The molecule has 4 aromatic rings. The molecular formula is C28H21ClN4O4S2. The van der Waals surface area contributed by atoms with Gasteiger partial charge in [0.1, 0.15) is 28.0 Å². The number of aromatic hydroxyl groups is 1. The van der Waals surface area contributed by atoms with Crippen LogP contribution in [0.1, 0.15) is 11.3 Å². The average molecular weight is 577 g/mol. The van der Waals surface area contributed by atoms with Crippen molar-refractivity contribution < 1.29 is 19.4 Å². The number of thioether (sulfide) groups is 1. The summed E-state index contributed by atoms with van der Waals surface area (Å²) in [4.78, 5) is 28.6. The first-order chi connectivity index (χ1) is 18.8. The number of hydrogen-bond acceptors (Lipinski definition) is 7. The number of carbonyl (C=O) groups is 2. The van der Waals surface area contributed by atoms with Crippen LogP contribution in [0.15, 0.2) is 89.3 Å². The van der Waals surface area contributed by atoms with Crippen molar-refractivity contribution in [1.29, 1.82) is 0 Å². The minimum Gasteiger partial charge on any atom is -0.508 e. The van der Waals surface area contributed by atoms with E-state index in [1.54, 1.807) is 55.6 Å². The van der Waals surface area contributed by atoms with Crippen molar-refractivity contribution >= 4 is 64.3 Å². The van der Waals surface area contributed by atoms with Gasteiger partial charge >= 0.3 is 0 Å². The normalized spacial score (nSPS) is 14.6. The van der Waals surface area contributed by atoms with E-state index in [4.69, 9.17) is 28.6 Å². The number of nitrogens with one attached hydrogen (secondary N) is 1. The zero-order valence-electron chi connectivity index (χ0n) is 20.5. The molecule has 1 aliphatic heterocycles. The maximum absolute atomic E-state index is 13.5. The van der Waals surface area contributed by atoms with Gasteiger partial charge in [-0.15, -0.1) is 11.8 Å². The summed E-state index contributed by atoms with van der Waals surface area (Å²) in [6.45, 7) is 0. The number of anilines is 1. The van der Waals surface area contributed by atoms with Crippen molar-refractivity contribution in [3.63, 3.8) is 0 Å². The Hall–Kier alpha value is -4.12. The number of thiocarbonyl (C=S) groups is 1. The van der Waals surface area contributed by atoms with E-state index >= 15 is 0 Å². The lowest BCUT2D eigenvalue weighted by Crippen LogP contribution is -2.54. The second-order valence-corrected chi connectivity index (χ2v) is 10.2. The molecule has 0 aliphatic carbocycles. The molecule has 1 fully saturated rings. The zero-order valence-corrected chi connectivity index (χ0v) is 22.9. The summed E-state index contributed by atoms with van der Waals surface area (Å²) in [5.74, 6) is 0.650. The van der Waals surface area contributed by atoms with Gasteiger partial charge < -0.3 is 9.84 Å². The van der Waals surface area contributed by atoms with E-state index in [9.17, 15) is 14.7 Å². The number of para-hydroxylation sites is 1. The summed E-state index contributed by atoms with van der Waals surface area (Å²) in [6, 6.07) is 22.9. The Morgan fingerprint density at radius 3 is 2.38 bits per heavy atom. The van der Waals surface area contributed by atoms with Gasteiger partial charge in [-0.25, -0.2) is 0 Å². The molecule has 1 saturated heterocycles. The smallest absolute Gasteiger partial charge is 0.270 e. The lowest BCUT2D eigenvalue weighted by molar-refractivity contribution is -0.122. The molecule has 5 rings (SSSR count). The Kier molecular flexibility index (Phi) is 7.69. The molecule has 2 heterocycles. The highest BCUT2D eigenvalue weighted by atomic mass is 35.5. The van der Waals surface area contributed by atoms with Crippen molar-refractivity contribution in [3.8, 4) is 17.2 Å². The lowest BCUT2D eigenvalue weighted by atomic mass is 10.1. The van der Waals surface area contributed by atoms with Gasteiger partial charge in [-0.2, -0.15) is 5.10 Å². The van der Waals surface area contributed by atoms with E-state index in [-0.39, 0.29) is 21.6 Å². The van der Waals surface area contributed by atoms with Crippen LogP contribution in [0.4, 0.5) is 5.69 Å². The van der Waals surface area contributed by atoms with Gasteiger partial charge in [0.2, 0.25) is 0 Å². The Balaban J connectivity index is 1.40. The molecule has 0 atom stereocenters. The maximum Gasteiger partial charge on any atom is 0.270 e. The Bertz CT molecular complexity index is 1590. The third kappa shape index (κ3) is 5.83. The van der Waals surface area contributed by atoms with Crippen LogP contribution in [-0.4, -0.2) is 31.8 Å². The number of aromatic nitrogens is 2. The first-order valence-electron chi connectivity index (χ1n) is 11.7. The third-order valence-electron chi connectivity index (χ3n) is 5.76. The first-order valence-corrected chi connectivity index (χ1v) is 13.4. The SMILES string of the molecule is Cn1nc(CSc2ccc(O)cc2)c(C=C2C(=O)NC(=S)N(c3ccc(Oc4ccccc4)cc3)C2=O)c1Cl. The predicted octanol–water partition coefficient (Wildman–Crippen LogP) is 5.70. The number of amides is 2. The van der Waals surface area contributed by atoms with Gasteiger partial charge in [-0.05, 0) is 79.0 Å². The minimum absolute atomic E-state index is 0.0285. The van der Waals surface area contributed by atoms with Crippen molar-refractivity contribution in [1.82, 2.24) is 15.1 Å². The van der Waals surface area contributed by atoms with Crippen LogP contribution in [0, 0.1) is 0 Å². The van der Waals surface area contributed by atoms with Gasteiger partial charge in [-0.1, -0.05) is 29.8 Å². The number of phenols is 1. The summed E-state index contributed by atoms with van der Waals surface area (Å²) in [5, 5.41) is 16.8. The molecule has 0 unspecified atom stereocenters. The molecule has 8 nitrogen and oxygen atoms in total. The number of ether oxygens (including phenoxy) is 1. The van der Waals surface area contributed by atoms with E-state index in [1.165, 1.54) is 27.4 Å². The van der Waals surface area contributed by atoms with E-state index in [1.807, 2.05) is 30.3 Å². The van der Waals surface area contributed by atoms with E-state index in [0.29, 0.717) is 34.2 Å². The Morgan fingerprint density at radius 2 is 1.69 bits per heavy atom. The highest BCUT2D eigenvalue weighted by Crippen LogP contribution is 2.31. The van der Waals surface area contributed by atoms with Gasteiger partial charge in [0, 0.05) is 23.3 Å². The van der Waals surface area contributed by atoms with Crippen molar-refractivity contribution in [2.24, 2.45) is 7.05 Å². The number of aryl methyl sites for hydroxylation is 1. The number of benzene rings is 3. The number of phenolic OH excluding ortho intramolecular Hbond substituents is 1. The molecule has 3 aromatic carbocycles. The zero-order chi connectivity index (χ0) is 27.5. The largest absolute Gasteiger partial charge is 0.508 e. The Morgan fingerprint density at radius 1 is 1.03 bits per heavy atom. The molecule has 39 heavy (non-hydrogen) atoms. The molecule has 0 radical (unpaired) electrons. The lowest BCUT2D eigenvalue weighted by Gasteiger charge is -2.29. The first kappa shape index (κ1) is 26.5. The molecule has 2 N–H and O–H groups in total. The third-order valence-corrected chi connectivity index (χ3v) is 7.52. The van der Waals surface area contributed by atoms with Crippen molar-refractivity contribution in [2.45, 2.75) is 10.6 Å². The molecular weight excluding hydrogens is 556 g/mol. The Labute approximate surface area is 238 Å². The predicted molar refractivity (Wildman–Crippen MR) is 155 cm³/mol. The molecule has 0 bridgehead atoms. The summed E-state index contributed by atoms with van der Waals surface area (Å²) in [6.07, 6.45) is 1.45. The van der Waals surface area contributed by atoms with Crippen LogP contribution < -0.4 is 15.0 Å². The fourth-order valence-electron chi connectivity index (χ4n) is 3.84. The summed E-state index contributed by atoms with van der Waals surface area (Å²) in [7, 11) is 1.68. The average Bonchev–Trinajstić information content (AvgIpc) is 3.19. The quantitative estimate of drug-likeness (QED) is 0.126. The standard InChI is InChI=1S/C28H21ClN4O4S2/c1-32-25(29)22(24(31-32)16-39-21-13-9-18(34)10-14-21)15-23-26(35)30-28(38)33(27(23)36)17-7-11-20(12-8-17)37-19-5-3-2-4-6-19/h2-15,34H,16H2,1H3,(H,30,35,38). The molecule has 196 valence electrons. The van der Waals surface area contributed by atoms with E-state index in [0.717, 1.165) is 4.90 Å². The number of halogens is 1. The van der Waals surface area contributed by atoms with Gasteiger partial charge in [-0.3, -0.25) is 24.5 Å². The van der Waals surface area contributed by atoms with Crippen LogP contribution in [0.5, 0.6) is 17.2 Å². The highest BCUT2D eigenvalue weighted by molar-refractivity contribution is 7.98. The number of rotatable bonds is 7. The summed E-state index contributed by atoms with van der Waals surface area (Å²) < 4.78 is 7.31. The molecule has 0 saturated carbocycles. The number of carbonyl (C=O) groups excluding carboxylic acids is 2. The molecule has 0 spiro atoms. The monoisotopic (exact) mass is 576 g/mol. The summed E-state index contributed by atoms with van der Waals surface area (Å²) in [5.41, 5.74) is 1.40. The van der Waals surface area contributed by atoms with E-state index < -0.39 is 11.8 Å². The van der Waals surface area contributed by atoms with Crippen molar-refractivity contribution in [2.75, 3.05) is 4.90 Å². The maximum atomic E-state index is 13.5. The van der Waals surface area contributed by atoms with Crippen molar-refractivity contribution in [3.05, 3.63) is 101 Å². The fourth-order valence-corrected chi connectivity index (χ4v) is 5.17. The highest BCUT2D eigenvalue weighted by Gasteiger charge is 2.35. The van der Waals surface area contributed by atoms with Gasteiger partial charge in [0.15, 0.2) is 5.11 Å². The van der Waals surface area contributed by atoms with Crippen LogP contribution >= 0.6 is 35.6 Å². The molecule has 11 heteroatoms. The fraction of sp³-hybridized carbons (Fsp3) is 0.0714. The van der Waals surface area contributed by atoms with E-state index in [2.05, 4.69) is 10.4 Å². The minimum atomic E-state index is -0.623.